The number of aromatic nitrogens is 3. The van der Waals surface area contributed by atoms with Gasteiger partial charge < -0.3 is 24.1 Å². The van der Waals surface area contributed by atoms with Gasteiger partial charge in [0, 0.05) is 73.3 Å². The van der Waals surface area contributed by atoms with E-state index in [9.17, 15) is 10.1 Å². The van der Waals surface area contributed by atoms with E-state index in [1.165, 1.54) is 10.9 Å². The first-order valence-electron chi connectivity index (χ1n) is 12.1. The zero-order valence-electron chi connectivity index (χ0n) is 21.1. The number of amides is 1. The molecule has 5 rings (SSSR count). The van der Waals surface area contributed by atoms with E-state index in [0.29, 0.717) is 31.7 Å². The second-order valence-corrected chi connectivity index (χ2v) is 10.1. The molecular formula is C28H30N6O2. The van der Waals surface area contributed by atoms with E-state index in [4.69, 9.17) is 4.74 Å². The summed E-state index contributed by atoms with van der Waals surface area (Å²) in [7, 11) is 2.04. The molecule has 4 heterocycles. The fourth-order valence-electron chi connectivity index (χ4n) is 4.57. The second kappa shape index (κ2) is 9.08. The number of anilines is 1. The van der Waals surface area contributed by atoms with Crippen LogP contribution in [0, 0.1) is 11.3 Å². The molecule has 0 spiro atoms. The first kappa shape index (κ1) is 23.5. The Morgan fingerprint density at radius 3 is 2.56 bits per heavy atom. The monoisotopic (exact) mass is 482 g/mol. The number of aryl methyl sites for hydroxylation is 1. The van der Waals surface area contributed by atoms with Crippen molar-refractivity contribution >= 4 is 22.8 Å². The van der Waals surface area contributed by atoms with Crippen molar-refractivity contribution in [2.75, 3.05) is 31.1 Å². The average Bonchev–Trinajstić information content (AvgIpc) is 3.47. The zero-order valence-corrected chi connectivity index (χ0v) is 21.1. The minimum Gasteiger partial charge on any atom is -0.444 e. The van der Waals surface area contributed by atoms with Gasteiger partial charge in [0.25, 0.3) is 0 Å². The van der Waals surface area contributed by atoms with Gasteiger partial charge in [0.2, 0.25) is 0 Å². The maximum atomic E-state index is 12.4. The van der Waals surface area contributed by atoms with E-state index in [0.717, 1.165) is 28.3 Å². The van der Waals surface area contributed by atoms with E-state index in [1.807, 2.05) is 46.0 Å². The molecule has 1 aliphatic heterocycles. The molecule has 1 N–H and O–H groups in total. The van der Waals surface area contributed by atoms with Gasteiger partial charge in [-0.3, -0.25) is 4.98 Å². The summed E-state index contributed by atoms with van der Waals surface area (Å²) in [5.41, 5.74) is 4.98. The van der Waals surface area contributed by atoms with Crippen molar-refractivity contribution in [3.05, 3.63) is 60.4 Å². The molecule has 0 aliphatic carbocycles. The van der Waals surface area contributed by atoms with Gasteiger partial charge in [-0.1, -0.05) is 6.07 Å². The number of hydrogen-bond donors (Lipinski definition) is 1. The SMILES string of the molecule is Cn1ccc2cc(-c3cc(-c4cc(C#N)c(N5CCN(C(=O)OC(C)(C)C)CC5)[nH]4)ccn3)ccc21. The highest BCUT2D eigenvalue weighted by Gasteiger charge is 2.27. The largest absolute Gasteiger partial charge is 0.444 e. The Labute approximate surface area is 210 Å². The molecule has 0 radical (unpaired) electrons. The van der Waals surface area contributed by atoms with Crippen LogP contribution >= 0.6 is 0 Å². The highest BCUT2D eigenvalue weighted by Crippen LogP contribution is 2.31. The molecular weight excluding hydrogens is 452 g/mol. The zero-order chi connectivity index (χ0) is 25.4. The van der Waals surface area contributed by atoms with Crippen LogP contribution in [0.1, 0.15) is 26.3 Å². The molecule has 1 saturated heterocycles. The number of nitrogens with zero attached hydrogens (tertiary/aromatic N) is 5. The summed E-state index contributed by atoms with van der Waals surface area (Å²) in [6.07, 6.45) is 3.55. The lowest BCUT2D eigenvalue weighted by Gasteiger charge is -2.36. The topological polar surface area (TPSA) is 90.2 Å². The predicted octanol–water partition coefficient (Wildman–Crippen LogP) is 5.16. The van der Waals surface area contributed by atoms with Crippen LogP contribution < -0.4 is 4.90 Å². The number of hydrogen-bond acceptors (Lipinski definition) is 5. The molecule has 4 aromatic rings. The van der Waals surface area contributed by atoms with E-state index in [-0.39, 0.29) is 6.09 Å². The Balaban J connectivity index is 1.36. The fraction of sp³-hybridized carbons (Fsp3) is 0.321. The van der Waals surface area contributed by atoms with Crippen molar-refractivity contribution in [2.45, 2.75) is 26.4 Å². The van der Waals surface area contributed by atoms with Crippen molar-refractivity contribution in [3.63, 3.8) is 0 Å². The number of benzene rings is 1. The van der Waals surface area contributed by atoms with Gasteiger partial charge in [0.15, 0.2) is 0 Å². The van der Waals surface area contributed by atoms with E-state index in [2.05, 4.69) is 56.0 Å². The smallest absolute Gasteiger partial charge is 0.410 e. The van der Waals surface area contributed by atoms with Crippen molar-refractivity contribution in [1.29, 1.82) is 5.26 Å². The highest BCUT2D eigenvalue weighted by molar-refractivity contribution is 5.85. The number of aromatic amines is 1. The van der Waals surface area contributed by atoms with Crippen LogP contribution in [-0.2, 0) is 11.8 Å². The van der Waals surface area contributed by atoms with Crippen LogP contribution in [-0.4, -0.2) is 57.3 Å². The third kappa shape index (κ3) is 4.65. The molecule has 0 atom stereocenters. The molecule has 0 bridgehead atoms. The van der Waals surface area contributed by atoms with Gasteiger partial charge in [-0.25, -0.2) is 4.79 Å². The normalized spacial score (nSPS) is 14.2. The molecule has 0 saturated carbocycles. The summed E-state index contributed by atoms with van der Waals surface area (Å²) in [4.78, 5) is 24.3. The maximum absolute atomic E-state index is 12.4. The highest BCUT2D eigenvalue weighted by atomic mass is 16.6. The minimum absolute atomic E-state index is 0.298. The summed E-state index contributed by atoms with van der Waals surface area (Å²) in [6.45, 7) is 7.91. The fourth-order valence-corrected chi connectivity index (χ4v) is 4.57. The van der Waals surface area contributed by atoms with Crippen LogP contribution in [0.3, 0.4) is 0 Å². The number of piperazine rings is 1. The van der Waals surface area contributed by atoms with Crippen molar-refractivity contribution in [1.82, 2.24) is 19.4 Å². The average molecular weight is 483 g/mol. The van der Waals surface area contributed by atoms with E-state index in [1.54, 1.807) is 11.1 Å². The summed E-state index contributed by atoms with van der Waals surface area (Å²) in [5.74, 6) is 0.778. The van der Waals surface area contributed by atoms with Crippen LogP contribution in [0.25, 0.3) is 33.4 Å². The summed E-state index contributed by atoms with van der Waals surface area (Å²) < 4.78 is 7.60. The molecule has 8 nitrogen and oxygen atoms in total. The van der Waals surface area contributed by atoms with Crippen LogP contribution in [0.5, 0.6) is 0 Å². The molecule has 8 heteroatoms. The Bertz CT molecular complexity index is 1460. The number of carbonyl (C=O) groups is 1. The lowest BCUT2D eigenvalue weighted by molar-refractivity contribution is 0.0240. The summed E-state index contributed by atoms with van der Waals surface area (Å²) in [6, 6.07) is 16.6. The standard InChI is InChI=1S/C28H30N6O2/c1-28(2,3)36-27(35)34-13-11-33(12-14-34)26-22(18-29)17-24(31-26)20-7-9-30-23(16-20)19-5-6-25-21(15-19)8-10-32(25)4/h5-10,15-17,31H,11-14H2,1-4H3. The van der Waals surface area contributed by atoms with Gasteiger partial charge in [-0.05, 0) is 57.2 Å². The summed E-state index contributed by atoms with van der Waals surface area (Å²) >= 11 is 0. The quantitative estimate of drug-likeness (QED) is 0.435. The third-order valence-corrected chi connectivity index (χ3v) is 6.42. The molecule has 0 unspecified atom stereocenters. The second-order valence-electron chi connectivity index (χ2n) is 10.1. The van der Waals surface area contributed by atoms with Gasteiger partial charge in [-0.2, -0.15) is 5.26 Å². The number of carbonyl (C=O) groups excluding carboxylic acids is 1. The van der Waals surface area contributed by atoms with Crippen molar-refractivity contribution < 1.29 is 9.53 Å². The number of pyridine rings is 1. The molecule has 1 aliphatic rings. The predicted molar refractivity (Wildman–Crippen MR) is 141 cm³/mol. The van der Waals surface area contributed by atoms with Crippen LogP contribution in [0.4, 0.5) is 10.6 Å². The minimum atomic E-state index is -0.521. The Hall–Kier alpha value is -4.25. The van der Waals surface area contributed by atoms with Gasteiger partial charge in [0.1, 0.15) is 17.5 Å². The van der Waals surface area contributed by atoms with E-state index < -0.39 is 5.60 Å². The van der Waals surface area contributed by atoms with Gasteiger partial charge in [0.05, 0.1) is 11.3 Å². The Kier molecular flexibility index (Phi) is 5.92. The van der Waals surface area contributed by atoms with Crippen molar-refractivity contribution in [3.8, 4) is 28.6 Å². The van der Waals surface area contributed by atoms with Crippen molar-refractivity contribution in [2.24, 2.45) is 7.05 Å². The molecule has 1 fully saturated rings. The molecule has 36 heavy (non-hydrogen) atoms. The number of nitriles is 1. The molecule has 1 aromatic carbocycles. The lowest BCUT2D eigenvalue weighted by atomic mass is 10.1. The molecule has 3 aromatic heterocycles. The summed E-state index contributed by atoms with van der Waals surface area (Å²) in [5, 5.41) is 11.0. The Morgan fingerprint density at radius 1 is 1.06 bits per heavy atom. The first-order chi connectivity index (χ1) is 17.2. The third-order valence-electron chi connectivity index (χ3n) is 6.42. The van der Waals surface area contributed by atoms with Crippen LogP contribution in [0.15, 0.2) is 54.9 Å². The number of rotatable bonds is 3. The Morgan fingerprint density at radius 2 is 1.83 bits per heavy atom. The number of nitrogens with one attached hydrogen (secondary N) is 1. The molecule has 184 valence electrons. The number of fused-ring (bicyclic) bond motifs is 1. The van der Waals surface area contributed by atoms with Crippen LogP contribution in [0.2, 0.25) is 0 Å². The molecule has 1 amide bonds. The maximum Gasteiger partial charge on any atom is 0.410 e. The van der Waals surface area contributed by atoms with Gasteiger partial charge in [-0.15, -0.1) is 0 Å². The lowest BCUT2D eigenvalue weighted by Crippen LogP contribution is -2.50. The number of H-pyrrole nitrogens is 1. The van der Waals surface area contributed by atoms with E-state index >= 15 is 0 Å². The number of ether oxygens (including phenoxy) is 1. The van der Waals surface area contributed by atoms with Gasteiger partial charge >= 0.3 is 6.09 Å². The first-order valence-corrected chi connectivity index (χ1v) is 12.1.